The van der Waals surface area contributed by atoms with E-state index in [-0.39, 0.29) is 6.04 Å². The normalized spacial score (nSPS) is 12.6. The molecule has 0 spiro atoms. The number of nitrogens with zero attached hydrogens (tertiary/aromatic N) is 3. The molecule has 2 aromatic heterocycles. The van der Waals surface area contributed by atoms with Crippen molar-refractivity contribution in [3.05, 3.63) is 47.8 Å². The highest BCUT2D eigenvalue weighted by Crippen LogP contribution is 2.21. The molecule has 0 saturated carbocycles. The van der Waals surface area contributed by atoms with Crippen LogP contribution in [-0.4, -0.2) is 21.1 Å². The summed E-state index contributed by atoms with van der Waals surface area (Å²) in [7, 11) is 0. The monoisotopic (exact) mass is 244 g/mol. The molecule has 2 aromatic rings. The summed E-state index contributed by atoms with van der Waals surface area (Å²) in [4.78, 5) is 8.98. The maximum absolute atomic E-state index is 4.50. The third-order valence-corrected chi connectivity index (χ3v) is 3.05. The predicted octanol–water partition coefficient (Wildman–Crippen LogP) is 2.31. The van der Waals surface area contributed by atoms with Gasteiger partial charge >= 0.3 is 0 Å². The number of aromatic nitrogens is 3. The molecular formula is C14H20N4. The fourth-order valence-electron chi connectivity index (χ4n) is 2.04. The molecule has 1 unspecified atom stereocenters. The average Bonchev–Trinajstić information content (AvgIpc) is 2.85. The number of nitrogens with one attached hydrogen (secondary N) is 1. The SMILES string of the molecule is CCNC(c1cn(CC)cn1)c1ncccc1C. The Morgan fingerprint density at radius 3 is 2.78 bits per heavy atom. The van der Waals surface area contributed by atoms with Crippen LogP contribution in [0.25, 0.3) is 0 Å². The van der Waals surface area contributed by atoms with Crippen molar-refractivity contribution in [1.29, 1.82) is 0 Å². The molecule has 4 nitrogen and oxygen atoms in total. The topological polar surface area (TPSA) is 42.7 Å². The second kappa shape index (κ2) is 5.78. The van der Waals surface area contributed by atoms with Crippen LogP contribution in [0.5, 0.6) is 0 Å². The Hall–Kier alpha value is -1.68. The van der Waals surface area contributed by atoms with Crippen molar-refractivity contribution >= 4 is 0 Å². The second-order valence-electron chi connectivity index (χ2n) is 4.33. The molecule has 1 N–H and O–H groups in total. The van der Waals surface area contributed by atoms with Crippen LogP contribution in [0.3, 0.4) is 0 Å². The zero-order chi connectivity index (χ0) is 13.0. The van der Waals surface area contributed by atoms with Crippen LogP contribution in [0, 0.1) is 6.92 Å². The Morgan fingerprint density at radius 2 is 2.17 bits per heavy atom. The van der Waals surface area contributed by atoms with Crippen LogP contribution in [0.4, 0.5) is 0 Å². The van der Waals surface area contributed by atoms with Crippen LogP contribution < -0.4 is 5.32 Å². The Morgan fingerprint density at radius 1 is 1.33 bits per heavy atom. The van der Waals surface area contributed by atoms with E-state index in [1.807, 2.05) is 18.6 Å². The van der Waals surface area contributed by atoms with Crippen LogP contribution in [0.15, 0.2) is 30.9 Å². The van der Waals surface area contributed by atoms with E-state index in [4.69, 9.17) is 0 Å². The van der Waals surface area contributed by atoms with Crippen LogP contribution >= 0.6 is 0 Å². The quantitative estimate of drug-likeness (QED) is 0.877. The summed E-state index contributed by atoms with van der Waals surface area (Å²) in [5, 5.41) is 3.46. The van der Waals surface area contributed by atoms with Gasteiger partial charge in [0.15, 0.2) is 0 Å². The van der Waals surface area contributed by atoms with Gasteiger partial charge in [-0.3, -0.25) is 4.98 Å². The van der Waals surface area contributed by atoms with Gasteiger partial charge in [-0.25, -0.2) is 4.98 Å². The fraction of sp³-hybridized carbons (Fsp3) is 0.429. The van der Waals surface area contributed by atoms with Gasteiger partial charge in [-0.15, -0.1) is 0 Å². The van der Waals surface area contributed by atoms with E-state index in [2.05, 4.69) is 52.9 Å². The van der Waals surface area contributed by atoms with Gasteiger partial charge in [0.1, 0.15) is 0 Å². The number of pyridine rings is 1. The predicted molar refractivity (Wildman–Crippen MR) is 72.4 cm³/mol. The lowest BCUT2D eigenvalue weighted by Crippen LogP contribution is -2.24. The van der Waals surface area contributed by atoms with Gasteiger partial charge in [0.2, 0.25) is 0 Å². The van der Waals surface area contributed by atoms with E-state index in [1.54, 1.807) is 0 Å². The summed E-state index contributed by atoms with van der Waals surface area (Å²) >= 11 is 0. The molecule has 1 atom stereocenters. The zero-order valence-electron chi connectivity index (χ0n) is 11.2. The highest BCUT2D eigenvalue weighted by atomic mass is 15.1. The van der Waals surface area contributed by atoms with Gasteiger partial charge in [0, 0.05) is 18.9 Å². The molecule has 4 heteroatoms. The third kappa shape index (κ3) is 2.59. The maximum atomic E-state index is 4.50. The third-order valence-electron chi connectivity index (χ3n) is 3.05. The molecular weight excluding hydrogens is 224 g/mol. The molecule has 2 heterocycles. The zero-order valence-corrected chi connectivity index (χ0v) is 11.2. The Labute approximate surface area is 108 Å². The number of aryl methyl sites for hydroxylation is 2. The molecule has 96 valence electrons. The van der Waals surface area contributed by atoms with Gasteiger partial charge in [-0.05, 0) is 32.0 Å². The van der Waals surface area contributed by atoms with Crippen molar-refractivity contribution < 1.29 is 0 Å². The smallest absolute Gasteiger partial charge is 0.0950 e. The van der Waals surface area contributed by atoms with Crippen LogP contribution in [0.1, 0.15) is 36.8 Å². The van der Waals surface area contributed by atoms with Crippen molar-refractivity contribution in [2.24, 2.45) is 0 Å². The molecule has 0 radical (unpaired) electrons. The van der Waals surface area contributed by atoms with E-state index in [0.717, 1.165) is 24.5 Å². The first-order valence-electron chi connectivity index (χ1n) is 6.42. The van der Waals surface area contributed by atoms with Crippen molar-refractivity contribution in [2.45, 2.75) is 33.4 Å². The largest absolute Gasteiger partial charge is 0.337 e. The van der Waals surface area contributed by atoms with E-state index in [1.165, 1.54) is 5.56 Å². The molecule has 0 fully saturated rings. The van der Waals surface area contributed by atoms with Gasteiger partial charge in [0.05, 0.1) is 23.8 Å². The summed E-state index contributed by atoms with van der Waals surface area (Å²) in [5.74, 6) is 0. The molecule has 0 bridgehead atoms. The van der Waals surface area contributed by atoms with E-state index in [9.17, 15) is 0 Å². The van der Waals surface area contributed by atoms with Gasteiger partial charge < -0.3 is 9.88 Å². The molecule has 0 aromatic carbocycles. The highest BCUT2D eigenvalue weighted by Gasteiger charge is 2.18. The van der Waals surface area contributed by atoms with Crippen LogP contribution in [-0.2, 0) is 6.54 Å². The standard InChI is InChI=1S/C14H20N4/c1-4-15-14(12-9-18(5-2)10-17-12)13-11(3)7-6-8-16-13/h6-10,14-15H,4-5H2,1-3H3. The lowest BCUT2D eigenvalue weighted by Gasteiger charge is -2.17. The number of imidazole rings is 1. The lowest BCUT2D eigenvalue weighted by molar-refractivity contribution is 0.599. The molecule has 0 aliphatic rings. The van der Waals surface area contributed by atoms with Crippen molar-refractivity contribution in [2.75, 3.05) is 6.54 Å². The maximum Gasteiger partial charge on any atom is 0.0950 e. The molecule has 0 saturated heterocycles. The van der Waals surface area contributed by atoms with Gasteiger partial charge in [0.25, 0.3) is 0 Å². The van der Waals surface area contributed by atoms with Crippen molar-refractivity contribution in [1.82, 2.24) is 19.9 Å². The summed E-state index contributed by atoms with van der Waals surface area (Å²) < 4.78 is 2.08. The minimum Gasteiger partial charge on any atom is -0.337 e. The Bertz CT molecular complexity index is 504. The minimum atomic E-state index is 0.0731. The number of hydrogen-bond donors (Lipinski definition) is 1. The van der Waals surface area contributed by atoms with Crippen LogP contribution in [0.2, 0.25) is 0 Å². The van der Waals surface area contributed by atoms with E-state index < -0.39 is 0 Å². The first-order valence-corrected chi connectivity index (χ1v) is 6.42. The lowest BCUT2D eigenvalue weighted by atomic mass is 10.1. The summed E-state index contributed by atoms with van der Waals surface area (Å²) in [5.41, 5.74) is 3.27. The fourth-order valence-corrected chi connectivity index (χ4v) is 2.04. The molecule has 0 aliphatic carbocycles. The molecule has 2 rings (SSSR count). The first kappa shape index (κ1) is 12.8. The Kier molecular flexibility index (Phi) is 4.10. The van der Waals surface area contributed by atoms with Gasteiger partial charge in [-0.2, -0.15) is 0 Å². The van der Waals surface area contributed by atoms with Crippen molar-refractivity contribution in [3.8, 4) is 0 Å². The first-order chi connectivity index (χ1) is 8.76. The molecule has 18 heavy (non-hydrogen) atoms. The summed E-state index contributed by atoms with van der Waals surface area (Å²) in [6.45, 7) is 8.12. The molecule has 0 amide bonds. The van der Waals surface area contributed by atoms with Crippen molar-refractivity contribution in [3.63, 3.8) is 0 Å². The van der Waals surface area contributed by atoms with Gasteiger partial charge in [-0.1, -0.05) is 13.0 Å². The number of rotatable bonds is 5. The Balaban J connectivity index is 2.36. The highest BCUT2D eigenvalue weighted by molar-refractivity contribution is 5.27. The average molecular weight is 244 g/mol. The van der Waals surface area contributed by atoms with E-state index in [0.29, 0.717) is 0 Å². The summed E-state index contributed by atoms with van der Waals surface area (Å²) in [6, 6.07) is 4.12. The molecule has 0 aliphatic heterocycles. The van der Waals surface area contributed by atoms with E-state index >= 15 is 0 Å². The summed E-state index contributed by atoms with van der Waals surface area (Å²) in [6.07, 6.45) is 5.79. The second-order valence-corrected chi connectivity index (χ2v) is 4.33. The minimum absolute atomic E-state index is 0.0731. The number of hydrogen-bond acceptors (Lipinski definition) is 3.